The number of aromatic nitrogens is 2. The van der Waals surface area contributed by atoms with Crippen molar-refractivity contribution in [1.82, 2.24) is 15.3 Å². The first-order valence-corrected chi connectivity index (χ1v) is 15.3. The van der Waals surface area contributed by atoms with Crippen molar-refractivity contribution in [1.29, 1.82) is 0 Å². The lowest BCUT2D eigenvalue weighted by atomic mass is 9.88. The smallest absolute Gasteiger partial charge is 0.230 e. The third kappa shape index (κ3) is 8.09. The number of carbonyl (C=O) groups is 1. The maximum atomic E-state index is 12.7. The van der Waals surface area contributed by atoms with Gasteiger partial charge in [0.15, 0.2) is 5.16 Å². The van der Waals surface area contributed by atoms with Crippen LogP contribution in [0.1, 0.15) is 41.9 Å². The SMILES string of the molecule is O=C(CSc1nc(Cl)cc(N2CCC(Cc3ccccc3)CC2)n1)NCCC(c1ccccc1)c1ccccc1. The van der Waals surface area contributed by atoms with Crippen LogP contribution in [0.2, 0.25) is 5.15 Å². The summed E-state index contributed by atoms with van der Waals surface area (Å²) in [6.07, 6.45) is 4.18. The zero-order chi connectivity index (χ0) is 27.6. The summed E-state index contributed by atoms with van der Waals surface area (Å²) in [7, 11) is 0. The Kier molecular flexibility index (Phi) is 10.1. The van der Waals surface area contributed by atoms with E-state index in [-0.39, 0.29) is 17.6 Å². The van der Waals surface area contributed by atoms with E-state index >= 15 is 0 Å². The van der Waals surface area contributed by atoms with E-state index in [0.717, 1.165) is 44.6 Å². The highest BCUT2D eigenvalue weighted by molar-refractivity contribution is 7.99. The minimum Gasteiger partial charge on any atom is -0.356 e. The average Bonchev–Trinajstić information content (AvgIpc) is 3.00. The van der Waals surface area contributed by atoms with Crippen LogP contribution in [-0.2, 0) is 11.2 Å². The molecule has 0 aliphatic carbocycles. The van der Waals surface area contributed by atoms with E-state index in [1.807, 2.05) is 18.2 Å². The van der Waals surface area contributed by atoms with Crippen LogP contribution in [0.3, 0.4) is 0 Å². The predicted molar refractivity (Wildman–Crippen MR) is 165 cm³/mol. The molecule has 40 heavy (non-hydrogen) atoms. The van der Waals surface area contributed by atoms with Crippen LogP contribution in [0.5, 0.6) is 0 Å². The number of hydrogen-bond donors (Lipinski definition) is 1. The molecule has 0 bridgehead atoms. The van der Waals surface area contributed by atoms with Gasteiger partial charge in [-0.1, -0.05) is 114 Å². The van der Waals surface area contributed by atoms with Crippen molar-refractivity contribution in [2.24, 2.45) is 5.92 Å². The molecule has 2 heterocycles. The second-order valence-corrected chi connectivity index (χ2v) is 11.6. The van der Waals surface area contributed by atoms with E-state index < -0.39 is 0 Å². The molecule has 206 valence electrons. The van der Waals surface area contributed by atoms with Crippen molar-refractivity contribution in [2.75, 3.05) is 30.3 Å². The first-order chi connectivity index (χ1) is 19.6. The Bertz CT molecular complexity index is 1310. The van der Waals surface area contributed by atoms with Gasteiger partial charge in [0, 0.05) is 31.6 Å². The quantitative estimate of drug-likeness (QED) is 0.119. The van der Waals surface area contributed by atoms with E-state index in [2.05, 4.69) is 94.1 Å². The second kappa shape index (κ2) is 14.3. The number of rotatable bonds is 11. The number of amides is 1. The Balaban J connectivity index is 1.10. The molecule has 0 unspecified atom stereocenters. The molecule has 1 amide bonds. The Morgan fingerprint density at radius 3 is 2.12 bits per heavy atom. The van der Waals surface area contributed by atoms with Gasteiger partial charge in [0.05, 0.1) is 5.75 Å². The van der Waals surface area contributed by atoms with Crippen molar-refractivity contribution in [2.45, 2.75) is 36.8 Å². The molecule has 0 spiro atoms. The third-order valence-electron chi connectivity index (χ3n) is 7.46. The van der Waals surface area contributed by atoms with Crippen molar-refractivity contribution in [3.8, 4) is 0 Å². The van der Waals surface area contributed by atoms with Gasteiger partial charge in [-0.15, -0.1) is 0 Å². The summed E-state index contributed by atoms with van der Waals surface area (Å²) < 4.78 is 0. The number of hydrogen-bond acceptors (Lipinski definition) is 5. The normalized spacial score (nSPS) is 13.9. The van der Waals surface area contributed by atoms with Gasteiger partial charge in [0.1, 0.15) is 11.0 Å². The van der Waals surface area contributed by atoms with Gasteiger partial charge in [-0.25, -0.2) is 9.97 Å². The van der Waals surface area contributed by atoms with Crippen LogP contribution in [0, 0.1) is 5.92 Å². The molecule has 1 aliphatic heterocycles. The predicted octanol–water partition coefficient (Wildman–Crippen LogP) is 7.02. The van der Waals surface area contributed by atoms with Crippen LogP contribution in [0.15, 0.2) is 102 Å². The summed E-state index contributed by atoms with van der Waals surface area (Å²) in [6.45, 7) is 2.48. The topological polar surface area (TPSA) is 58.1 Å². The molecule has 0 saturated carbocycles. The Morgan fingerprint density at radius 2 is 1.50 bits per heavy atom. The number of thioether (sulfide) groups is 1. The average molecular weight is 571 g/mol. The van der Waals surface area contributed by atoms with Gasteiger partial charge in [-0.3, -0.25) is 4.79 Å². The number of nitrogens with one attached hydrogen (secondary N) is 1. The highest BCUT2D eigenvalue weighted by Crippen LogP contribution is 2.29. The summed E-state index contributed by atoms with van der Waals surface area (Å²) in [5, 5.41) is 4.03. The van der Waals surface area contributed by atoms with Gasteiger partial charge in [-0.2, -0.15) is 0 Å². The molecule has 3 aromatic carbocycles. The fraction of sp³-hybridized carbons (Fsp3) is 0.303. The summed E-state index contributed by atoms with van der Waals surface area (Å²) in [4.78, 5) is 24.1. The molecule has 5 rings (SSSR count). The first-order valence-electron chi connectivity index (χ1n) is 14.0. The van der Waals surface area contributed by atoms with Crippen LogP contribution >= 0.6 is 23.4 Å². The van der Waals surface area contributed by atoms with Crippen molar-refractivity contribution in [3.63, 3.8) is 0 Å². The maximum absolute atomic E-state index is 12.7. The molecule has 5 nitrogen and oxygen atoms in total. The summed E-state index contributed by atoms with van der Waals surface area (Å²) >= 11 is 7.69. The highest BCUT2D eigenvalue weighted by atomic mass is 35.5. The molecule has 0 atom stereocenters. The number of benzene rings is 3. The van der Waals surface area contributed by atoms with Crippen LogP contribution in [0.25, 0.3) is 0 Å². The molecule has 1 saturated heterocycles. The van der Waals surface area contributed by atoms with Crippen LogP contribution in [-0.4, -0.2) is 41.3 Å². The molecule has 1 aliphatic rings. The maximum Gasteiger partial charge on any atom is 0.230 e. The minimum absolute atomic E-state index is 0.0308. The molecule has 1 fully saturated rings. The van der Waals surface area contributed by atoms with E-state index in [1.165, 1.54) is 28.5 Å². The van der Waals surface area contributed by atoms with Gasteiger partial charge >= 0.3 is 0 Å². The van der Waals surface area contributed by atoms with Gasteiger partial charge in [0.2, 0.25) is 5.91 Å². The number of carbonyl (C=O) groups excluding carboxylic acids is 1. The number of halogens is 1. The van der Waals surface area contributed by atoms with Crippen molar-refractivity contribution < 1.29 is 4.79 Å². The number of piperidine rings is 1. The van der Waals surface area contributed by atoms with Crippen molar-refractivity contribution >= 4 is 35.1 Å². The molecule has 7 heteroatoms. The zero-order valence-electron chi connectivity index (χ0n) is 22.6. The zero-order valence-corrected chi connectivity index (χ0v) is 24.2. The second-order valence-electron chi connectivity index (χ2n) is 10.3. The highest BCUT2D eigenvalue weighted by Gasteiger charge is 2.22. The summed E-state index contributed by atoms with van der Waals surface area (Å²) in [5.41, 5.74) is 3.90. The molecule has 4 aromatic rings. The molecule has 1 aromatic heterocycles. The monoisotopic (exact) mass is 570 g/mol. The molecular formula is C33H35ClN4OS. The lowest BCUT2D eigenvalue weighted by Crippen LogP contribution is -2.35. The lowest BCUT2D eigenvalue weighted by molar-refractivity contribution is -0.118. The summed E-state index contributed by atoms with van der Waals surface area (Å²) in [6, 6.07) is 33.4. The Labute approximate surface area is 246 Å². The van der Waals surface area contributed by atoms with Crippen LogP contribution in [0.4, 0.5) is 5.82 Å². The van der Waals surface area contributed by atoms with E-state index in [4.69, 9.17) is 16.6 Å². The van der Waals surface area contributed by atoms with Gasteiger partial charge in [-0.05, 0) is 48.3 Å². The van der Waals surface area contributed by atoms with Crippen LogP contribution < -0.4 is 10.2 Å². The largest absolute Gasteiger partial charge is 0.356 e. The van der Waals surface area contributed by atoms with Gasteiger partial charge in [0.25, 0.3) is 0 Å². The lowest BCUT2D eigenvalue weighted by Gasteiger charge is -2.33. The number of anilines is 1. The fourth-order valence-corrected chi connectivity index (χ4v) is 6.27. The van der Waals surface area contributed by atoms with Gasteiger partial charge < -0.3 is 10.2 Å². The van der Waals surface area contributed by atoms with E-state index in [1.54, 1.807) is 0 Å². The van der Waals surface area contributed by atoms with E-state index in [9.17, 15) is 4.79 Å². The first kappa shape index (κ1) is 28.2. The molecule has 1 N–H and O–H groups in total. The Morgan fingerprint density at radius 1 is 0.900 bits per heavy atom. The fourth-order valence-electron chi connectivity index (χ4n) is 5.36. The minimum atomic E-state index is -0.0308. The molecular weight excluding hydrogens is 536 g/mol. The Hall–Kier alpha value is -3.35. The standard InChI is InChI=1S/C33H35ClN4OS/c34-30-23-31(38-20-17-26(18-21-38)22-25-10-4-1-5-11-25)37-33(36-30)40-24-32(39)35-19-16-29(27-12-6-2-7-13-27)28-14-8-3-9-15-28/h1-15,23,26,29H,16-22,24H2,(H,35,39). The van der Waals surface area contributed by atoms with E-state index in [0.29, 0.717) is 22.8 Å². The molecule has 0 radical (unpaired) electrons. The number of nitrogens with zero attached hydrogens (tertiary/aromatic N) is 3. The summed E-state index contributed by atoms with van der Waals surface area (Å²) in [5.74, 6) is 1.97. The van der Waals surface area contributed by atoms with Crippen molar-refractivity contribution in [3.05, 3.63) is 119 Å². The third-order valence-corrected chi connectivity index (χ3v) is 8.50.